The molecule has 3 nitrogen and oxygen atoms in total. The zero-order chi connectivity index (χ0) is 16.1. The summed E-state index contributed by atoms with van der Waals surface area (Å²) in [5.41, 5.74) is 0.572. The lowest BCUT2D eigenvalue weighted by Gasteiger charge is -2.14. The maximum atomic E-state index is 12.3. The van der Waals surface area contributed by atoms with E-state index < -0.39 is 0 Å². The zero-order valence-corrected chi connectivity index (χ0v) is 15.3. The van der Waals surface area contributed by atoms with E-state index in [-0.39, 0.29) is 11.2 Å². The molecule has 2 aromatic rings. The molecular weight excluding hydrogens is 386 g/mol. The Labute approximate surface area is 147 Å². The van der Waals surface area contributed by atoms with Crippen LogP contribution in [-0.4, -0.2) is 18.3 Å². The average molecular weight is 401 g/mol. The van der Waals surface area contributed by atoms with Crippen LogP contribution in [0.3, 0.4) is 0 Å². The fraction of sp³-hybridized carbons (Fsp3) is 0.188. The van der Waals surface area contributed by atoms with Crippen LogP contribution in [0.4, 0.5) is 5.69 Å². The van der Waals surface area contributed by atoms with Gasteiger partial charge in [-0.2, -0.15) is 0 Å². The molecule has 0 unspecified atom stereocenters. The highest BCUT2D eigenvalue weighted by Crippen LogP contribution is 2.30. The third kappa shape index (κ3) is 4.66. The van der Waals surface area contributed by atoms with E-state index in [2.05, 4.69) is 21.2 Å². The normalized spacial score (nSPS) is 11.8. The maximum Gasteiger partial charge on any atom is 0.237 e. The fourth-order valence-corrected chi connectivity index (χ4v) is 3.09. The standard InChI is InChI=1S/C16H15BrClNO2S/c1-10(22-13-6-3-11(17)4-7-13)16(20)19-14-9-12(18)5-8-15(14)21-2/h3-10H,1-2H3,(H,19,20)/t10-/m0/s1. The van der Waals surface area contributed by atoms with Gasteiger partial charge >= 0.3 is 0 Å². The van der Waals surface area contributed by atoms with Crippen LogP contribution in [0.1, 0.15) is 6.92 Å². The molecule has 0 aliphatic carbocycles. The molecule has 0 fully saturated rings. The van der Waals surface area contributed by atoms with Gasteiger partial charge in [0.25, 0.3) is 0 Å². The molecule has 0 radical (unpaired) electrons. The average Bonchev–Trinajstić information content (AvgIpc) is 2.49. The molecule has 1 amide bonds. The fourth-order valence-electron chi connectivity index (χ4n) is 1.78. The van der Waals surface area contributed by atoms with Crippen molar-refractivity contribution < 1.29 is 9.53 Å². The Bertz CT molecular complexity index is 664. The first-order valence-corrected chi connectivity index (χ1v) is 8.61. The van der Waals surface area contributed by atoms with Crippen LogP contribution in [0.5, 0.6) is 5.75 Å². The number of halogens is 2. The van der Waals surface area contributed by atoms with E-state index in [4.69, 9.17) is 16.3 Å². The lowest BCUT2D eigenvalue weighted by molar-refractivity contribution is -0.115. The number of anilines is 1. The molecule has 2 aromatic carbocycles. The molecule has 1 atom stereocenters. The minimum absolute atomic E-state index is 0.103. The Morgan fingerprint density at radius 2 is 1.95 bits per heavy atom. The number of carbonyl (C=O) groups excluding carboxylic acids is 1. The molecule has 0 saturated carbocycles. The van der Waals surface area contributed by atoms with E-state index in [0.717, 1.165) is 9.37 Å². The minimum atomic E-state index is -0.245. The van der Waals surface area contributed by atoms with Crippen LogP contribution in [0.2, 0.25) is 5.02 Å². The summed E-state index contributed by atoms with van der Waals surface area (Å²) >= 11 is 10.8. The van der Waals surface area contributed by atoms with Crippen LogP contribution in [0, 0.1) is 0 Å². The molecule has 0 aliphatic rings. The van der Waals surface area contributed by atoms with Gasteiger partial charge in [-0.25, -0.2) is 0 Å². The first kappa shape index (κ1) is 17.2. The Morgan fingerprint density at radius 3 is 2.59 bits per heavy atom. The van der Waals surface area contributed by atoms with Crippen LogP contribution < -0.4 is 10.1 Å². The first-order valence-electron chi connectivity index (χ1n) is 6.56. The molecule has 2 rings (SSSR count). The number of thioether (sulfide) groups is 1. The van der Waals surface area contributed by atoms with E-state index >= 15 is 0 Å². The van der Waals surface area contributed by atoms with Crippen LogP contribution in [0.15, 0.2) is 51.8 Å². The highest BCUT2D eigenvalue weighted by Gasteiger charge is 2.16. The predicted octanol–water partition coefficient (Wildman–Crippen LogP) is 5.23. The molecule has 6 heteroatoms. The molecule has 0 aliphatic heterocycles. The Morgan fingerprint density at radius 1 is 1.27 bits per heavy atom. The zero-order valence-electron chi connectivity index (χ0n) is 12.1. The molecule has 22 heavy (non-hydrogen) atoms. The quantitative estimate of drug-likeness (QED) is 0.698. The molecule has 0 saturated heterocycles. The van der Waals surface area contributed by atoms with Gasteiger partial charge in [0.15, 0.2) is 0 Å². The second-order valence-electron chi connectivity index (χ2n) is 4.55. The monoisotopic (exact) mass is 399 g/mol. The molecule has 0 heterocycles. The van der Waals surface area contributed by atoms with Gasteiger partial charge in [-0.3, -0.25) is 4.79 Å². The Kier molecular flexibility index (Phi) is 6.17. The summed E-state index contributed by atoms with van der Waals surface area (Å²) in [6.07, 6.45) is 0. The van der Waals surface area contributed by atoms with Crippen molar-refractivity contribution in [1.29, 1.82) is 0 Å². The van der Waals surface area contributed by atoms with Gasteiger partial charge in [-0.1, -0.05) is 27.5 Å². The van der Waals surface area contributed by atoms with E-state index in [1.807, 2.05) is 31.2 Å². The van der Waals surface area contributed by atoms with Crippen LogP contribution >= 0.6 is 39.3 Å². The molecule has 0 aromatic heterocycles. The van der Waals surface area contributed by atoms with Gasteiger partial charge in [0.1, 0.15) is 5.75 Å². The largest absolute Gasteiger partial charge is 0.495 e. The third-order valence-electron chi connectivity index (χ3n) is 2.92. The molecule has 1 N–H and O–H groups in total. The van der Waals surface area contributed by atoms with Crippen molar-refractivity contribution in [2.45, 2.75) is 17.1 Å². The molecule has 0 bridgehead atoms. The number of methoxy groups -OCH3 is 1. The van der Waals surface area contributed by atoms with E-state index in [0.29, 0.717) is 16.5 Å². The second-order valence-corrected chi connectivity index (χ2v) is 7.31. The van der Waals surface area contributed by atoms with Crippen molar-refractivity contribution in [3.63, 3.8) is 0 Å². The summed E-state index contributed by atoms with van der Waals surface area (Å²) < 4.78 is 6.24. The van der Waals surface area contributed by atoms with Crippen LogP contribution in [-0.2, 0) is 4.79 Å². The molecule has 116 valence electrons. The van der Waals surface area contributed by atoms with Crippen molar-refractivity contribution >= 4 is 50.9 Å². The van der Waals surface area contributed by atoms with Gasteiger partial charge in [-0.05, 0) is 49.4 Å². The summed E-state index contributed by atoms with van der Waals surface area (Å²) in [5.74, 6) is 0.479. The highest BCUT2D eigenvalue weighted by atomic mass is 79.9. The Balaban J connectivity index is 2.05. The number of carbonyl (C=O) groups is 1. The number of ether oxygens (including phenoxy) is 1. The lowest BCUT2D eigenvalue weighted by Crippen LogP contribution is -2.22. The molecular formula is C16H15BrClNO2S. The highest BCUT2D eigenvalue weighted by molar-refractivity contribution is 9.10. The predicted molar refractivity (Wildman–Crippen MR) is 96.1 cm³/mol. The SMILES string of the molecule is COc1ccc(Cl)cc1NC(=O)[C@H](C)Sc1ccc(Br)cc1. The topological polar surface area (TPSA) is 38.3 Å². The minimum Gasteiger partial charge on any atom is -0.495 e. The third-order valence-corrected chi connectivity index (χ3v) is 4.79. The van der Waals surface area contributed by atoms with E-state index in [1.165, 1.54) is 11.8 Å². The summed E-state index contributed by atoms with van der Waals surface area (Å²) in [7, 11) is 1.55. The van der Waals surface area contributed by atoms with Crippen molar-refractivity contribution in [1.82, 2.24) is 0 Å². The summed E-state index contributed by atoms with van der Waals surface area (Å²) in [5, 5.41) is 3.16. The van der Waals surface area contributed by atoms with Gasteiger partial charge in [0.2, 0.25) is 5.91 Å². The smallest absolute Gasteiger partial charge is 0.237 e. The maximum absolute atomic E-state index is 12.3. The van der Waals surface area contributed by atoms with Crippen molar-refractivity contribution in [3.8, 4) is 5.75 Å². The van der Waals surface area contributed by atoms with Crippen LogP contribution in [0.25, 0.3) is 0 Å². The van der Waals surface area contributed by atoms with Crippen molar-refractivity contribution in [2.75, 3.05) is 12.4 Å². The summed E-state index contributed by atoms with van der Waals surface area (Å²) in [6.45, 7) is 1.86. The van der Waals surface area contributed by atoms with Gasteiger partial charge in [0.05, 0.1) is 18.0 Å². The van der Waals surface area contributed by atoms with E-state index in [9.17, 15) is 4.79 Å². The van der Waals surface area contributed by atoms with E-state index in [1.54, 1.807) is 25.3 Å². The van der Waals surface area contributed by atoms with Crippen molar-refractivity contribution in [3.05, 3.63) is 52.0 Å². The Hall–Kier alpha value is -1.17. The number of hydrogen-bond donors (Lipinski definition) is 1. The van der Waals surface area contributed by atoms with Crippen molar-refractivity contribution in [2.24, 2.45) is 0 Å². The first-order chi connectivity index (χ1) is 10.5. The van der Waals surface area contributed by atoms with Gasteiger partial charge in [-0.15, -0.1) is 11.8 Å². The number of amides is 1. The van der Waals surface area contributed by atoms with Gasteiger partial charge < -0.3 is 10.1 Å². The number of hydrogen-bond acceptors (Lipinski definition) is 3. The summed E-state index contributed by atoms with van der Waals surface area (Å²) in [6, 6.07) is 13.0. The number of nitrogens with one attached hydrogen (secondary N) is 1. The summed E-state index contributed by atoms with van der Waals surface area (Å²) in [4.78, 5) is 13.4. The molecule has 0 spiro atoms. The number of rotatable bonds is 5. The van der Waals surface area contributed by atoms with Gasteiger partial charge in [0, 0.05) is 14.4 Å². The lowest BCUT2D eigenvalue weighted by atomic mass is 10.3. The second kappa shape index (κ2) is 7.90. The number of benzene rings is 2.